The van der Waals surface area contributed by atoms with Crippen LogP contribution in [0.3, 0.4) is 0 Å². The molecule has 5 rings (SSSR count). The number of pyridine rings is 1. The number of amides is 1. The Morgan fingerprint density at radius 3 is 2.49 bits per heavy atom. The van der Waals surface area contributed by atoms with Crippen molar-refractivity contribution < 1.29 is 24.2 Å². The van der Waals surface area contributed by atoms with Crippen molar-refractivity contribution in [3.05, 3.63) is 107 Å². The van der Waals surface area contributed by atoms with Crippen LogP contribution in [0.4, 0.5) is 0 Å². The highest BCUT2D eigenvalue weighted by molar-refractivity contribution is 6.46. The minimum absolute atomic E-state index is 0.000915. The normalized spacial score (nSPS) is 16.9. The van der Waals surface area contributed by atoms with Crippen molar-refractivity contribution in [3.63, 3.8) is 0 Å². The number of hydrogen-bond donors (Lipinski definition) is 2. The molecule has 37 heavy (non-hydrogen) atoms. The summed E-state index contributed by atoms with van der Waals surface area (Å²) in [4.78, 5) is 47.3. The summed E-state index contributed by atoms with van der Waals surface area (Å²) in [7, 11) is 0. The molecule has 2 aromatic heterocycles. The summed E-state index contributed by atoms with van der Waals surface area (Å²) < 4.78 is 5.06. The number of aromatic amines is 1. The molecule has 8 nitrogen and oxygen atoms in total. The zero-order valence-corrected chi connectivity index (χ0v) is 20.2. The minimum Gasteiger partial charge on any atom is -0.507 e. The van der Waals surface area contributed by atoms with E-state index in [9.17, 15) is 19.5 Å². The number of ether oxygens (including phenoxy) is 1. The van der Waals surface area contributed by atoms with E-state index < -0.39 is 23.7 Å². The Morgan fingerprint density at radius 2 is 1.76 bits per heavy atom. The van der Waals surface area contributed by atoms with Crippen LogP contribution in [0.25, 0.3) is 16.7 Å². The van der Waals surface area contributed by atoms with E-state index >= 15 is 0 Å². The SMILES string of the molecule is CCOC(=O)c1ccc(C2C(=C(O)c3ccncc3)C(=O)C(=O)N2CCc2c[nH]c3ccccc23)cc1. The zero-order chi connectivity index (χ0) is 25.9. The van der Waals surface area contributed by atoms with Gasteiger partial charge in [-0.1, -0.05) is 30.3 Å². The van der Waals surface area contributed by atoms with Crippen LogP contribution in [0, 0.1) is 0 Å². The number of aromatic nitrogens is 2. The number of aliphatic hydroxyl groups is 1. The smallest absolute Gasteiger partial charge is 0.338 e. The number of hydrogen-bond acceptors (Lipinski definition) is 6. The molecule has 1 atom stereocenters. The number of benzene rings is 2. The third-order valence-corrected chi connectivity index (χ3v) is 6.53. The fourth-order valence-electron chi connectivity index (χ4n) is 4.72. The molecule has 0 aliphatic carbocycles. The molecule has 186 valence electrons. The van der Waals surface area contributed by atoms with Gasteiger partial charge in [0.2, 0.25) is 0 Å². The number of nitrogens with one attached hydrogen (secondary N) is 1. The second-order valence-electron chi connectivity index (χ2n) is 8.68. The molecule has 1 unspecified atom stereocenters. The zero-order valence-electron chi connectivity index (χ0n) is 20.2. The number of ketones is 1. The molecule has 1 fully saturated rings. The highest BCUT2D eigenvalue weighted by atomic mass is 16.5. The van der Waals surface area contributed by atoms with Crippen molar-refractivity contribution in [2.24, 2.45) is 0 Å². The van der Waals surface area contributed by atoms with Gasteiger partial charge in [0.15, 0.2) is 0 Å². The van der Waals surface area contributed by atoms with Gasteiger partial charge in [-0.15, -0.1) is 0 Å². The Labute approximate surface area is 213 Å². The molecule has 0 saturated carbocycles. The number of fused-ring (bicyclic) bond motifs is 1. The second-order valence-corrected chi connectivity index (χ2v) is 8.68. The average Bonchev–Trinajstić information content (AvgIpc) is 3.46. The predicted octanol–water partition coefficient (Wildman–Crippen LogP) is 4.40. The van der Waals surface area contributed by atoms with Gasteiger partial charge >= 0.3 is 5.97 Å². The molecule has 3 heterocycles. The van der Waals surface area contributed by atoms with E-state index in [0.29, 0.717) is 23.1 Å². The highest BCUT2D eigenvalue weighted by Gasteiger charge is 2.45. The first-order valence-corrected chi connectivity index (χ1v) is 12.0. The van der Waals surface area contributed by atoms with E-state index in [1.165, 1.54) is 17.3 Å². The van der Waals surface area contributed by atoms with Crippen molar-refractivity contribution in [2.75, 3.05) is 13.2 Å². The summed E-state index contributed by atoms with van der Waals surface area (Å²) in [5.74, 6) is -2.17. The molecule has 2 aromatic carbocycles. The number of para-hydroxylation sites is 1. The Bertz CT molecular complexity index is 1510. The Hall–Kier alpha value is -4.72. The number of aliphatic hydroxyl groups excluding tert-OH is 1. The third kappa shape index (κ3) is 4.49. The van der Waals surface area contributed by atoms with Gasteiger partial charge in [0, 0.05) is 41.6 Å². The first kappa shape index (κ1) is 24.0. The molecule has 0 radical (unpaired) electrons. The average molecular weight is 496 g/mol. The first-order chi connectivity index (χ1) is 18.0. The quantitative estimate of drug-likeness (QED) is 0.170. The van der Waals surface area contributed by atoms with Crippen molar-refractivity contribution >= 4 is 34.3 Å². The molecule has 0 spiro atoms. The van der Waals surface area contributed by atoms with Crippen LogP contribution in [0.5, 0.6) is 0 Å². The van der Waals surface area contributed by atoms with Gasteiger partial charge in [0.05, 0.1) is 23.8 Å². The third-order valence-electron chi connectivity index (χ3n) is 6.53. The monoisotopic (exact) mass is 495 g/mol. The topological polar surface area (TPSA) is 113 Å². The lowest BCUT2D eigenvalue weighted by Crippen LogP contribution is -2.31. The number of H-pyrrole nitrogens is 1. The van der Waals surface area contributed by atoms with Crippen molar-refractivity contribution in [2.45, 2.75) is 19.4 Å². The maximum absolute atomic E-state index is 13.3. The van der Waals surface area contributed by atoms with Crippen molar-refractivity contribution in [1.29, 1.82) is 0 Å². The summed E-state index contributed by atoms with van der Waals surface area (Å²) in [6.45, 7) is 2.23. The van der Waals surface area contributed by atoms with E-state index in [-0.39, 0.29) is 24.5 Å². The van der Waals surface area contributed by atoms with Crippen LogP contribution in [-0.2, 0) is 20.7 Å². The van der Waals surface area contributed by atoms with Gasteiger partial charge in [-0.25, -0.2) is 4.79 Å². The van der Waals surface area contributed by atoms with Crippen LogP contribution >= 0.6 is 0 Å². The number of carbonyl (C=O) groups is 3. The lowest BCUT2D eigenvalue weighted by atomic mass is 9.94. The highest BCUT2D eigenvalue weighted by Crippen LogP contribution is 2.39. The molecule has 1 amide bonds. The maximum Gasteiger partial charge on any atom is 0.338 e. The second kappa shape index (κ2) is 10.1. The first-order valence-electron chi connectivity index (χ1n) is 12.0. The predicted molar refractivity (Wildman–Crippen MR) is 138 cm³/mol. The summed E-state index contributed by atoms with van der Waals surface area (Å²) in [6.07, 6.45) is 5.42. The van der Waals surface area contributed by atoms with Gasteiger partial charge < -0.3 is 19.7 Å². The fraction of sp³-hybridized carbons (Fsp3) is 0.172. The molecule has 4 aromatic rings. The van der Waals surface area contributed by atoms with Gasteiger partial charge in [0.1, 0.15) is 5.76 Å². The Balaban J connectivity index is 1.54. The summed E-state index contributed by atoms with van der Waals surface area (Å²) >= 11 is 0. The molecular formula is C29H25N3O5. The van der Waals surface area contributed by atoms with Crippen LogP contribution in [0.2, 0.25) is 0 Å². The van der Waals surface area contributed by atoms with Gasteiger partial charge in [0.25, 0.3) is 11.7 Å². The van der Waals surface area contributed by atoms with E-state index in [1.54, 1.807) is 43.3 Å². The van der Waals surface area contributed by atoms with Crippen LogP contribution in [-0.4, -0.2) is 50.8 Å². The fourth-order valence-corrected chi connectivity index (χ4v) is 4.72. The molecule has 2 N–H and O–H groups in total. The number of nitrogens with zero attached hydrogens (tertiary/aromatic N) is 2. The Kier molecular flexibility index (Phi) is 6.55. The number of esters is 1. The van der Waals surface area contributed by atoms with Gasteiger partial charge in [-0.3, -0.25) is 14.6 Å². The van der Waals surface area contributed by atoms with Crippen LogP contribution in [0.15, 0.2) is 84.8 Å². The number of Topliss-reactive ketones (excluding diaryl/α,β-unsaturated/α-hetero) is 1. The molecule has 1 saturated heterocycles. The Morgan fingerprint density at radius 1 is 1.03 bits per heavy atom. The summed E-state index contributed by atoms with van der Waals surface area (Å²) in [6, 6.07) is 16.8. The van der Waals surface area contributed by atoms with E-state index in [4.69, 9.17) is 4.74 Å². The lowest BCUT2D eigenvalue weighted by Gasteiger charge is -2.25. The minimum atomic E-state index is -0.824. The van der Waals surface area contributed by atoms with Crippen molar-refractivity contribution in [3.8, 4) is 0 Å². The molecular weight excluding hydrogens is 470 g/mol. The standard InChI is InChI=1S/C29H25N3O5/c1-2-37-29(36)20-9-7-18(8-10-20)25-24(26(33)19-11-14-30-15-12-19)27(34)28(35)32(25)16-13-21-17-31-23-6-4-3-5-22(21)23/h3-12,14-15,17,25,31,33H,2,13,16H2,1H3. The molecule has 1 aliphatic rings. The van der Waals surface area contributed by atoms with Crippen LogP contribution < -0.4 is 0 Å². The summed E-state index contributed by atoms with van der Waals surface area (Å²) in [5.41, 5.74) is 3.35. The maximum atomic E-state index is 13.3. The molecule has 8 heteroatoms. The van der Waals surface area contributed by atoms with Gasteiger partial charge in [-0.05, 0) is 54.8 Å². The number of likely N-dealkylation sites (tertiary alicyclic amines) is 1. The lowest BCUT2D eigenvalue weighted by molar-refractivity contribution is -0.139. The molecule has 1 aliphatic heterocycles. The van der Waals surface area contributed by atoms with E-state index in [1.807, 2.05) is 30.5 Å². The van der Waals surface area contributed by atoms with Crippen LogP contribution in [0.1, 0.15) is 40.0 Å². The largest absolute Gasteiger partial charge is 0.507 e. The van der Waals surface area contributed by atoms with E-state index in [2.05, 4.69) is 9.97 Å². The number of carbonyl (C=O) groups excluding carboxylic acids is 3. The summed E-state index contributed by atoms with van der Waals surface area (Å²) in [5, 5.41) is 12.2. The number of rotatable bonds is 7. The van der Waals surface area contributed by atoms with Crippen molar-refractivity contribution in [1.82, 2.24) is 14.9 Å². The van der Waals surface area contributed by atoms with E-state index in [0.717, 1.165) is 16.5 Å². The van der Waals surface area contributed by atoms with Gasteiger partial charge in [-0.2, -0.15) is 0 Å². The molecule has 0 bridgehead atoms.